The van der Waals surface area contributed by atoms with Crippen LogP contribution in [-0.4, -0.2) is 44.0 Å². The quantitative estimate of drug-likeness (QED) is 0.345. The molecule has 1 saturated heterocycles. The Labute approximate surface area is 211 Å². The van der Waals surface area contributed by atoms with Gasteiger partial charge in [-0.05, 0) is 71.9 Å². The van der Waals surface area contributed by atoms with Crippen LogP contribution >= 0.6 is 11.8 Å². The number of nitrogens with zero attached hydrogens (tertiary/aromatic N) is 1. The summed E-state index contributed by atoms with van der Waals surface area (Å²) in [5, 5.41) is 2.05. The van der Waals surface area contributed by atoms with Crippen molar-refractivity contribution in [3.05, 3.63) is 89.3 Å². The molecule has 9 nitrogen and oxygen atoms in total. The maximum absolute atomic E-state index is 12.8. The number of para-hydroxylation sites is 1. The fraction of sp³-hybridized carbons (Fsp3) is 0.0800. The van der Waals surface area contributed by atoms with Gasteiger partial charge >= 0.3 is 10.1 Å². The lowest BCUT2D eigenvalue weighted by molar-refractivity contribution is -0.127. The predicted octanol–water partition coefficient (Wildman–Crippen LogP) is 4.14. The van der Waals surface area contributed by atoms with Gasteiger partial charge in [-0.2, -0.15) is 8.42 Å². The second kappa shape index (κ2) is 10.7. The fourth-order valence-corrected chi connectivity index (χ4v) is 4.99. The molecule has 0 atom stereocenters. The Bertz CT molecular complexity index is 1440. The molecule has 1 heterocycles. The summed E-state index contributed by atoms with van der Waals surface area (Å²) in [4.78, 5) is 38.3. The van der Waals surface area contributed by atoms with Crippen LogP contribution in [0, 0.1) is 0 Å². The lowest BCUT2D eigenvalue weighted by Gasteiger charge is -2.12. The number of ether oxygens (including phenoxy) is 1. The van der Waals surface area contributed by atoms with Crippen molar-refractivity contribution >= 4 is 50.7 Å². The van der Waals surface area contributed by atoms with Crippen LogP contribution in [0.3, 0.4) is 0 Å². The summed E-state index contributed by atoms with van der Waals surface area (Å²) >= 11 is 0.692. The molecule has 3 aromatic carbocycles. The zero-order chi connectivity index (χ0) is 25.7. The lowest BCUT2D eigenvalue weighted by Crippen LogP contribution is -2.36. The molecule has 0 aliphatic carbocycles. The third-order valence-corrected chi connectivity index (χ3v) is 7.11. The van der Waals surface area contributed by atoms with Gasteiger partial charge in [0.05, 0.1) is 12.0 Å². The van der Waals surface area contributed by atoms with E-state index < -0.39 is 33.7 Å². The summed E-state index contributed by atoms with van der Waals surface area (Å²) in [6.45, 7) is -0.430. The largest absolute Gasteiger partial charge is 0.497 e. The monoisotopic (exact) mass is 524 g/mol. The molecule has 184 valence electrons. The maximum Gasteiger partial charge on any atom is 0.339 e. The molecular weight excluding hydrogens is 504 g/mol. The number of hydrogen-bond acceptors (Lipinski definition) is 8. The Balaban J connectivity index is 1.46. The molecule has 0 spiro atoms. The highest BCUT2D eigenvalue weighted by atomic mass is 32.2. The first-order valence-electron chi connectivity index (χ1n) is 10.5. The van der Waals surface area contributed by atoms with Crippen LogP contribution in [0.2, 0.25) is 0 Å². The number of thioether (sulfide) groups is 1. The molecule has 1 fully saturated rings. The van der Waals surface area contributed by atoms with Gasteiger partial charge in [-0.15, -0.1) is 0 Å². The topological polar surface area (TPSA) is 119 Å². The third kappa shape index (κ3) is 5.93. The van der Waals surface area contributed by atoms with Gasteiger partial charge in [0.25, 0.3) is 11.1 Å². The van der Waals surface area contributed by atoms with Gasteiger partial charge in [0.2, 0.25) is 5.91 Å². The average molecular weight is 525 g/mol. The summed E-state index contributed by atoms with van der Waals surface area (Å²) in [6.07, 6.45) is 1.44. The first-order chi connectivity index (χ1) is 17.2. The Kier molecular flexibility index (Phi) is 7.41. The molecule has 0 bridgehead atoms. The molecule has 3 aromatic rings. The van der Waals surface area contributed by atoms with Gasteiger partial charge < -0.3 is 14.2 Å². The lowest BCUT2D eigenvalue weighted by atomic mass is 10.2. The highest BCUT2D eigenvalue weighted by Gasteiger charge is 2.36. The molecule has 36 heavy (non-hydrogen) atoms. The third-order valence-electron chi connectivity index (χ3n) is 4.94. The van der Waals surface area contributed by atoms with Crippen molar-refractivity contribution in [2.45, 2.75) is 4.90 Å². The summed E-state index contributed by atoms with van der Waals surface area (Å²) in [5.74, 6) is -0.599. The minimum Gasteiger partial charge on any atom is -0.497 e. The highest BCUT2D eigenvalue weighted by Crippen LogP contribution is 2.33. The number of carbonyl (C=O) groups excluding carboxylic acids is 3. The number of carbonyl (C=O) groups is 3. The first-order valence-corrected chi connectivity index (χ1v) is 12.8. The van der Waals surface area contributed by atoms with Gasteiger partial charge in [-0.25, -0.2) is 0 Å². The average Bonchev–Trinajstić information content (AvgIpc) is 3.11. The van der Waals surface area contributed by atoms with Crippen LogP contribution in [0.5, 0.6) is 11.5 Å². The van der Waals surface area contributed by atoms with Crippen LogP contribution in [0.25, 0.3) is 6.08 Å². The molecule has 11 heteroatoms. The molecule has 3 amide bonds. The van der Waals surface area contributed by atoms with Gasteiger partial charge in [-0.1, -0.05) is 30.3 Å². The number of methoxy groups -OCH3 is 1. The smallest absolute Gasteiger partial charge is 0.339 e. The van der Waals surface area contributed by atoms with Crippen LogP contribution in [0.1, 0.15) is 5.56 Å². The fourth-order valence-electron chi connectivity index (χ4n) is 3.23. The highest BCUT2D eigenvalue weighted by molar-refractivity contribution is 8.18. The van der Waals surface area contributed by atoms with Crippen LogP contribution in [0.4, 0.5) is 10.5 Å². The van der Waals surface area contributed by atoms with E-state index >= 15 is 0 Å². The van der Waals surface area contributed by atoms with E-state index in [0.29, 0.717) is 28.8 Å². The van der Waals surface area contributed by atoms with E-state index in [4.69, 9.17) is 8.92 Å². The number of imide groups is 1. The van der Waals surface area contributed by atoms with Gasteiger partial charge in [-0.3, -0.25) is 19.3 Å². The Hall–Kier alpha value is -4.09. The van der Waals surface area contributed by atoms with Crippen molar-refractivity contribution < 1.29 is 31.7 Å². The standard InChI is InChI=1S/C25H20N2O7S2/c1-33-19-10-12-21(13-11-19)36(31,32)34-20-9-5-6-17(14-20)15-22-24(29)27(25(30)35-22)16-23(28)26-18-7-3-2-4-8-18/h2-15H,16H2,1H3,(H,26,28)/b22-15-. The van der Waals surface area contributed by atoms with E-state index in [-0.39, 0.29) is 15.6 Å². The second-order valence-electron chi connectivity index (χ2n) is 7.47. The van der Waals surface area contributed by atoms with Crippen LogP contribution in [0.15, 0.2) is 88.7 Å². The summed E-state index contributed by atoms with van der Waals surface area (Å²) in [5.41, 5.74) is 0.989. The van der Waals surface area contributed by atoms with Gasteiger partial charge in [0.1, 0.15) is 22.9 Å². The molecule has 0 saturated carbocycles. The van der Waals surface area contributed by atoms with E-state index in [0.717, 1.165) is 4.90 Å². The number of nitrogens with one attached hydrogen (secondary N) is 1. The van der Waals surface area contributed by atoms with E-state index in [1.807, 2.05) is 0 Å². The van der Waals surface area contributed by atoms with E-state index in [1.54, 1.807) is 42.5 Å². The minimum absolute atomic E-state index is 0.0287. The number of amides is 3. The Morgan fingerprint density at radius 2 is 1.69 bits per heavy atom. The van der Waals surface area contributed by atoms with E-state index in [2.05, 4.69) is 5.32 Å². The van der Waals surface area contributed by atoms with Crippen LogP contribution < -0.4 is 14.2 Å². The molecule has 1 N–H and O–H groups in total. The number of hydrogen-bond donors (Lipinski definition) is 1. The number of benzene rings is 3. The molecule has 1 aliphatic heterocycles. The van der Waals surface area contributed by atoms with Crippen LogP contribution in [-0.2, 0) is 19.7 Å². The van der Waals surface area contributed by atoms with E-state index in [1.165, 1.54) is 49.6 Å². The molecule has 0 aromatic heterocycles. The summed E-state index contributed by atoms with van der Waals surface area (Å²) in [6, 6.07) is 20.5. The van der Waals surface area contributed by atoms with Crippen molar-refractivity contribution in [2.24, 2.45) is 0 Å². The second-order valence-corrected chi connectivity index (χ2v) is 10.0. The molecule has 4 rings (SSSR count). The zero-order valence-electron chi connectivity index (χ0n) is 18.9. The summed E-state index contributed by atoms with van der Waals surface area (Å²) < 4.78 is 35.5. The van der Waals surface area contributed by atoms with Crippen molar-refractivity contribution in [3.8, 4) is 11.5 Å². The number of rotatable bonds is 8. The van der Waals surface area contributed by atoms with Crippen molar-refractivity contribution in [1.82, 2.24) is 4.90 Å². The first kappa shape index (κ1) is 25.0. The Morgan fingerprint density at radius 3 is 2.39 bits per heavy atom. The van der Waals surface area contributed by atoms with E-state index in [9.17, 15) is 22.8 Å². The number of anilines is 1. The van der Waals surface area contributed by atoms with Crippen molar-refractivity contribution in [2.75, 3.05) is 19.0 Å². The van der Waals surface area contributed by atoms with Crippen molar-refractivity contribution in [1.29, 1.82) is 0 Å². The van der Waals surface area contributed by atoms with Crippen molar-refractivity contribution in [3.63, 3.8) is 0 Å². The minimum atomic E-state index is -4.11. The SMILES string of the molecule is COc1ccc(S(=O)(=O)Oc2cccc(/C=C3\SC(=O)N(CC(=O)Nc4ccccc4)C3=O)c2)cc1. The molecule has 0 radical (unpaired) electrons. The van der Waals surface area contributed by atoms with Gasteiger partial charge in [0, 0.05) is 5.69 Å². The normalized spacial score (nSPS) is 14.7. The predicted molar refractivity (Wildman–Crippen MR) is 135 cm³/mol. The Morgan fingerprint density at radius 1 is 0.972 bits per heavy atom. The summed E-state index contributed by atoms with van der Waals surface area (Å²) in [7, 11) is -2.63. The zero-order valence-corrected chi connectivity index (χ0v) is 20.5. The molecule has 1 aliphatic rings. The molecular formula is C25H20N2O7S2. The molecule has 0 unspecified atom stereocenters. The maximum atomic E-state index is 12.8. The van der Waals surface area contributed by atoms with Gasteiger partial charge in [0.15, 0.2) is 0 Å².